The van der Waals surface area contributed by atoms with Crippen molar-refractivity contribution in [3.05, 3.63) is 27.7 Å². The Morgan fingerprint density at radius 3 is 2.19 bits per heavy atom. The van der Waals surface area contributed by atoms with Gasteiger partial charge in [-0.05, 0) is 34.3 Å². The lowest BCUT2D eigenvalue weighted by molar-refractivity contribution is -0.132. The van der Waals surface area contributed by atoms with Gasteiger partial charge >= 0.3 is 5.97 Å². The van der Waals surface area contributed by atoms with Crippen molar-refractivity contribution in [1.29, 1.82) is 0 Å². The Hall–Kier alpha value is -2.06. The molecule has 8 heteroatoms. The van der Waals surface area contributed by atoms with E-state index in [1.807, 2.05) is 13.8 Å². The van der Waals surface area contributed by atoms with Gasteiger partial charge in [0.25, 0.3) is 0 Å². The highest BCUT2D eigenvalue weighted by atomic mass is 79.9. The maximum Gasteiger partial charge on any atom is 0.341 e. The van der Waals surface area contributed by atoms with Crippen LogP contribution in [0.3, 0.4) is 0 Å². The van der Waals surface area contributed by atoms with E-state index in [2.05, 4.69) is 20.9 Å². The number of methoxy groups -OCH3 is 2. The van der Waals surface area contributed by atoms with Gasteiger partial charge in [-0.2, -0.15) is 0 Å². The summed E-state index contributed by atoms with van der Waals surface area (Å²) in [6, 6.07) is 2.60. The van der Waals surface area contributed by atoms with E-state index in [-0.39, 0.29) is 41.5 Å². The molecular formula is C19H26BrNO6. The average molecular weight is 444 g/mol. The largest absolute Gasteiger partial charge is 0.506 e. The van der Waals surface area contributed by atoms with Gasteiger partial charge in [-0.3, -0.25) is 4.99 Å². The fourth-order valence-electron chi connectivity index (χ4n) is 2.47. The molecule has 27 heavy (non-hydrogen) atoms. The van der Waals surface area contributed by atoms with Crippen LogP contribution in [0.25, 0.3) is 5.76 Å². The quantitative estimate of drug-likeness (QED) is 0.305. The molecule has 0 aliphatic rings. The third-order valence-electron chi connectivity index (χ3n) is 4.08. The number of carboxylic acids is 1. The summed E-state index contributed by atoms with van der Waals surface area (Å²) < 4.78 is 11.0. The highest BCUT2D eigenvalue weighted by molar-refractivity contribution is 9.10. The first kappa shape index (κ1) is 23.0. The van der Waals surface area contributed by atoms with Crippen molar-refractivity contribution in [2.75, 3.05) is 20.8 Å². The monoisotopic (exact) mass is 443 g/mol. The lowest BCUT2D eigenvalue weighted by Gasteiger charge is -2.18. The number of ether oxygens (including phenoxy) is 2. The standard InChI is InChI=1S/C19H26BrNO6/c1-6-13(21-14(9-22)10(2)3)17(19(24)25)18(23)11-7-12(20)16(27-5)8-15(11)26-4/h7-8,10,14,22-23H,6,9H2,1-5H3,(H,24,25). The predicted octanol–water partition coefficient (Wildman–Crippen LogP) is 3.69. The summed E-state index contributed by atoms with van der Waals surface area (Å²) in [6.07, 6.45) is 0.272. The highest BCUT2D eigenvalue weighted by Crippen LogP contribution is 2.37. The van der Waals surface area contributed by atoms with Crippen molar-refractivity contribution in [3.63, 3.8) is 0 Å². The minimum atomic E-state index is -1.32. The summed E-state index contributed by atoms with van der Waals surface area (Å²) in [5.41, 5.74) is 0.0579. The van der Waals surface area contributed by atoms with Crippen LogP contribution in [0.4, 0.5) is 0 Å². The van der Waals surface area contributed by atoms with Crippen molar-refractivity contribution >= 4 is 33.4 Å². The van der Waals surface area contributed by atoms with Crippen LogP contribution in [0.5, 0.6) is 11.5 Å². The summed E-state index contributed by atoms with van der Waals surface area (Å²) in [7, 11) is 2.90. The van der Waals surface area contributed by atoms with Gasteiger partial charge in [-0.1, -0.05) is 20.8 Å². The number of aliphatic hydroxyl groups is 2. The molecule has 1 aromatic rings. The Balaban J connectivity index is 3.69. The lowest BCUT2D eigenvalue weighted by atomic mass is 10.00. The van der Waals surface area contributed by atoms with Crippen LogP contribution in [-0.4, -0.2) is 53.9 Å². The number of carbonyl (C=O) groups is 1. The zero-order chi connectivity index (χ0) is 20.7. The molecule has 1 rings (SSSR count). The van der Waals surface area contributed by atoms with Crippen molar-refractivity contribution < 1.29 is 29.6 Å². The van der Waals surface area contributed by atoms with E-state index in [1.54, 1.807) is 13.0 Å². The average Bonchev–Trinajstić information content (AvgIpc) is 2.63. The molecule has 7 nitrogen and oxygen atoms in total. The zero-order valence-corrected chi connectivity index (χ0v) is 17.7. The van der Waals surface area contributed by atoms with E-state index < -0.39 is 17.8 Å². The second-order valence-corrected chi connectivity index (χ2v) is 6.99. The molecule has 0 saturated carbocycles. The number of rotatable bonds is 9. The fourth-order valence-corrected chi connectivity index (χ4v) is 2.98. The number of carboxylic acid groups (broad SMARTS) is 1. The third kappa shape index (κ3) is 5.46. The number of hydrogen-bond donors (Lipinski definition) is 3. The number of hydrogen-bond acceptors (Lipinski definition) is 6. The van der Waals surface area contributed by atoms with Gasteiger partial charge in [0.2, 0.25) is 0 Å². The third-order valence-corrected chi connectivity index (χ3v) is 4.70. The highest BCUT2D eigenvalue weighted by Gasteiger charge is 2.25. The minimum Gasteiger partial charge on any atom is -0.506 e. The molecule has 0 amide bonds. The molecule has 3 N–H and O–H groups in total. The summed E-state index contributed by atoms with van der Waals surface area (Å²) in [6.45, 7) is 5.29. The second kappa shape index (κ2) is 10.3. The molecular weight excluding hydrogens is 418 g/mol. The van der Waals surface area contributed by atoms with Crippen LogP contribution in [0.15, 0.2) is 27.2 Å². The molecule has 0 bridgehead atoms. The van der Waals surface area contributed by atoms with E-state index in [9.17, 15) is 20.1 Å². The first-order valence-electron chi connectivity index (χ1n) is 8.47. The number of aliphatic carboxylic acids is 1. The van der Waals surface area contributed by atoms with Crippen molar-refractivity contribution in [2.24, 2.45) is 10.9 Å². The Morgan fingerprint density at radius 2 is 1.78 bits per heavy atom. The van der Waals surface area contributed by atoms with Crippen LogP contribution in [-0.2, 0) is 4.79 Å². The summed E-state index contributed by atoms with van der Waals surface area (Å²) in [5.74, 6) is -1.04. The van der Waals surface area contributed by atoms with Crippen LogP contribution in [0, 0.1) is 5.92 Å². The van der Waals surface area contributed by atoms with Crippen LogP contribution in [0.1, 0.15) is 32.8 Å². The Morgan fingerprint density at radius 1 is 1.19 bits per heavy atom. The van der Waals surface area contributed by atoms with Gasteiger partial charge < -0.3 is 24.8 Å². The van der Waals surface area contributed by atoms with E-state index in [0.29, 0.717) is 10.2 Å². The summed E-state index contributed by atoms with van der Waals surface area (Å²) in [4.78, 5) is 16.3. The van der Waals surface area contributed by atoms with E-state index >= 15 is 0 Å². The molecule has 0 fully saturated rings. The van der Waals surface area contributed by atoms with Crippen LogP contribution < -0.4 is 9.47 Å². The molecule has 0 saturated heterocycles. The minimum absolute atomic E-state index is 0.0124. The van der Waals surface area contributed by atoms with Gasteiger partial charge in [0.05, 0.1) is 42.6 Å². The van der Waals surface area contributed by atoms with Gasteiger partial charge in [0.1, 0.15) is 22.8 Å². The molecule has 150 valence electrons. The maximum absolute atomic E-state index is 11.9. The maximum atomic E-state index is 11.9. The molecule has 1 atom stereocenters. The molecule has 0 radical (unpaired) electrons. The van der Waals surface area contributed by atoms with Crippen molar-refractivity contribution in [2.45, 2.75) is 33.2 Å². The van der Waals surface area contributed by atoms with Crippen molar-refractivity contribution in [1.82, 2.24) is 0 Å². The van der Waals surface area contributed by atoms with Gasteiger partial charge in [0, 0.05) is 6.07 Å². The number of aliphatic hydroxyl groups excluding tert-OH is 2. The summed E-state index contributed by atoms with van der Waals surface area (Å²) >= 11 is 3.32. The number of nitrogens with zero attached hydrogens (tertiary/aromatic N) is 1. The normalized spacial score (nSPS) is 14.0. The van der Waals surface area contributed by atoms with Gasteiger partial charge in [0.15, 0.2) is 0 Å². The van der Waals surface area contributed by atoms with Crippen LogP contribution >= 0.6 is 15.9 Å². The predicted molar refractivity (Wildman–Crippen MR) is 108 cm³/mol. The Labute approximate surface area is 167 Å². The first-order valence-corrected chi connectivity index (χ1v) is 9.27. The topological polar surface area (TPSA) is 109 Å². The van der Waals surface area contributed by atoms with Crippen LogP contribution in [0.2, 0.25) is 0 Å². The molecule has 0 aliphatic heterocycles. The molecule has 1 unspecified atom stereocenters. The number of aliphatic imine (C=N–C) groups is 1. The molecule has 0 heterocycles. The molecule has 1 aromatic carbocycles. The number of benzene rings is 1. The molecule has 0 aliphatic carbocycles. The SMILES string of the molecule is CCC(=NC(CO)C(C)C)C(C(=O)O)=C(O)c1cc(Br)c(OC)cc1OC. The van der Waals surface area contributed by atoms with E-state index in [0.717, 1.165) is 0 Å². The second-order valence-electron chi connectivity index (χ2n) is 6.14. The lowest BCUT2D eigenvalue weighted by Crippen LogP contribution is -2.23. The Bertz CT molecular complexity index is 742. The van der Waals surface area contributed by atoms with E-state index in [1.165, 1.54) is 20.3 Å². The van der Waals surface area contributed by atoms with Crippen molar-refractivity contribution in [3.8, 4) is 11.5 Å². The zero-order valence-electron chi connectivity index (χ0n) is 16.1. The van der Waals surface area contributed by atoms with Gasteiger partial charge in [-0.25, -0.2) is 4.79 Å². The number of halogens is 1. The van der Waals surface area contributed by atoms with E-state index in [4.69, 9.17) is 9.47 Å². The molecule has 0 spiro atoms. The van der Waals surface area contributed by atoms with Gasteiger partial charge in [-0.15, -0.1) is 0 Å². The smallest absolute Gasteiger partial charge is 0.341 e. The fraction of sp³-hybridized carbons (Fsp3) is 0.474. The molecule has 0 aromatic heterocycles. The first-order chi connectivity index (χ1) is 12.7. The summed E-state index contributed by atoms with van der Waals surface area (Å²) in [5, 5.41) is 30.0. The Kier molecular flexibility index (Phi) is 8.78.